The van der Waals surface area contributed by atoms with E-state index in [9.17, 15) is 13.6 Å². The van der Waals surface area contributed by atoms with Crippen molar-refractivity contribution < 1.29 is 27.8 Å². The van der Waals surface area contributed by atoms with Gasteiger partial charge in [0.1, 0.15) is 0 Å². The molecule has 0 radical (unpaired) electrons. The van der Waals surface area contributed by atoms with Crippen LogP contribution in [0, 0.1) is 11.6 Å². The number of anilines is 1. The number of halogens is 2. The Morgan fingerprint density at radius 1 is 0.958 bits per heavy atom. The number of nitrogens with one attached hydrogen (secondary N) is 1. The molecule has 0 fully saturated rings. The molecule has 0 saturated heterocycles. The second-order valence-electron chi connectivity index (χ2n) is 4.89. The van der Waals surface area contributed by atoms with E-state index in [1.165, 1.54) is 27.4 Å². The first-order valence-corrected chi connectivity index (χ1v) is 7.02. The fourth-order valence-electron chi connectivity index (χ4n) is 2.20. The third-order valence-corrected chi connectivity index (χ3v) is 3.29. The molecule has 0 aliphatic heterocycles. The van der Waals surface area contributed by atoms with Crippen LogP contribution in [-0.4, -0.2) is 27.2 Å². The van der Waals surface area contributed by atoms with Crippen molar-refractivity contribution in [2.75, 3.05) is 26.6 Å². The summed E-state index contributed by atoms with van der Waals surface area (Å²) in [7, 11) is 4.43. The minimum absolute atomic E-state index is 0.00426. The van der Waals surface area contributed by atoms with E-state index in [-0.39, 0.29) is 12.1 Å². The van der Waals surface area contributed by atoms with E-state index in [0.29, 0.717) is 22.8 Å². The highest BCUT2D eigenvalue weighted by Gasteiger charge is 2.15. The fraction of sp³-hybridized carbons (Fsp3) is 0.235. The lowest BCUT2D eigenvalue weighted by Gasteiger charge is -2.14. The Morgan fingerprint density at radius 3 is 2.08 bits per heavy atom. The van der Waals surface area contributed by atoms with Gasteiger partial charge >= 0.3 is 0 Å². The predicted molar refractivity (Wildman–Crippen MR) is 84.8 cm³/mol. The lowest BCUT2D eigenvalue weighted by atomic mass is 10.1. The third kappa shape index (κ3) is 3.92. The zero-order chi connectivity index (χ0) is 17.7. The number of rotatable bonds is 6. The summed E-state index contributed by atoms with van der Waals surface area (Å²) in [5, 5.41) is 2.50. The average Bonchev–Trinajstić information content (AvgIpc) is 2.57. The van der Waals surface area contributed by atoms with Crippen LogP contribution in [0.1, 0.15) is 5.56 Å². The highest BCUT2D eigenvalue weighted by molar-refractivity contribution is 5.92. The van der Waals surface area contributed by atoms with Gasteiger partial charge in [0.25, 0.3) is 0 Å². The molecule has 24 heavy (non-hydrogen) atoms. The van der Waals surface area contributed by atoms with Gasteiger partial charge in [0.15, 0.2) is 23.1 Å². The third-order valence-electron chi connectivity index (χ3n) is 3.29. The van der Waals surface area contributed by atoms with Gasteiger partial charge in [0.05, 0.1) is 27.8 Å². The first-order chi connectivity index (χ1) is 11.5. The number of hydrogen-bond acceptors (Lipinski definition) is 4. The maximum absolute atomic E-state index is 13.2. The first-order valence-electron chi connectivity index (χ1n) is 7.02. The average molecular weight is 337 g/mol. The van der Waals surface area contributed by atoms with Gasteiger partial charge in [-0.3, -0.25) is 4.79 Å². The quantitative estimate of drug-likeness (QED) is 0.880. The van der Waals surface area contributed by atoms with E-state index in [1.54, 1.807) is 12.1 Å². The maximum Gasteiger partial charge on any atom is 0.228 e. The standard InChI is InChI=1S/C17H17F2NO4/c1-22-14-6-10(7-15(23-2)17(14)24-3)8-16(21)20-11-4-5-12(18)13(19)9-11/h4-7,9H,8H2,1-3H3,(H,20,21). The second kappa shape index (κ2) is 7.63. The Hall–Kier alpha value is -2.83. The Balaban J connectivity index is 2.17. The van der Waals surface area contributed by atoms with Crippen LogP contribution < -0.4 is 19.5 Å². The lowest BCUT2D eigenvalue weighted by molar-refractivity contribution is -0.115. The van der Waals surface area contributed by atoms with E-state index >= 15 is 0 Å². The van der Waals surface area contributed by atoms with E-state index in [2.05, 4.69) is 5.32 Å². The minimum atomic E-state index is -1.03. The van der Waals surface area contributed by atoms with Crippen molar-refractivity contribution in [1.82, 2.24) is 0 Å². The van der Waals surface area contributed by atoms with Crippen molar-refractivity contribution in [3.63, 3.8) is 0 Å². The topological polar surface area (TPSA) is 56.8 Å². The number of hydrogen-bond donors (Lipinski definition) is 1. The van der Waals surface area contributed by atoms with Crippen LogP contribution in [0.2, 0.25) is 0 Å². The van der Waals surface area contributed by atoms with Gasteiger partial charge in [-0.1, -0.05) is 0 Å². The van der Waals surface area contributed by atoms with Crippen molar-refractivity contribution in [2.45, 2.75) is 6.42 Å². The van der Waals surface area contributed by atoms with Crippen molar-refractivity contribution in [3.8, 4) is 17.2 Å². The summed E-state index contributed by atoms with van der Waals surface area (Å²) < 4.78 is 41.7. The molecule has 0 unspecified atom stereocenters. The SMILES string of the molecule is COc1cc(CC(=O)Nc2ccc(F)c(F)c2)cc(OC)c1OC. The molecule has 0 spiro atoms. The number of carbonyl (C=O) groups is 1. The molecular formula is C17H17F2NO4. The second-order valence-corrected chi connectivity index (χ2v) is 4.89. The van der Waals surface area contributed by atoms with Gasteiger partial charge in [-0.2, -0.15) is 0 Å². The monoisotopic (exact) mass is 337 g/mol. The van der Waals surface area contributed by atoms with E-state index in [0.717, 1.165) is 12.1 Å². The van der Waals surface area contributed by atoms with Crippen LogP contribution in [0.4, 0.5) is 14.5 Å². The molecule has 0 heterocycles. The van der Waals surface area contributed by atoms with E-state index in [4.69, 9.17) is 14.2 Å². The van der Waals surface area contributed by atoms with Gasteiger partial charge in [-0.15, -0.1) is 0 Å². The number of amides is 1. The summed E-state index contributed by atoms with van der Waals surface area (Å²) in [4.78, 5) is 12.1. The summed E-state index contributed by atoms with van der Waals surface area (Å²) >= 11 is 0. The molecule has 5 nitrogen and oxygen atoms in total. The van der Waals surface area contributed by atoms with E-state index < -0.39 is 17.5 Å². The van der Waals surface area contributed by atoms with E-state index in [1.807, 2.05) is 0 Å². The highest BCUT2D eigenvalue weighted by atomic mass is 19.2. The fourth-order valence-corrected chi connectivity index (χ4v) is 2.20. The molecule has 128 valence electrons. The summed E-state index contributed by atoms with van der Waals surface area (Å²) in [6, 6.07) is 6.44. The zero-order valence-corrected chi connectivity index (χ0v) is 13.5. The van der Waals surface area contributed by atoms with Gasteiger partial charge in [0, 0.05) is 11.8 Å². The number of benzene rings is 2. The first kappa shape index (κ1) is 17.5. The molecule has 7 heteroatoms. The van der Waals surface area contributed by atoms with Crippen LogP contribution in [0.25, 0.3) is 0 Å². The molecule has 2 rings (SSSR count). The molecule has 2 aromatic carbocycles. The number of carbonyl (C=O) groups excluding carboxylic acids is 1. The van der Waals surface area contributed by atoms with Gasteiger partial charge in [-0.25, -0.2) is 8.78 Å². The van der Waals surface area contributed by atoms with Crippen LogP contribution in [-0.2, 0) is 11.2 Å². The van der Waals surface area contributed by atoms with Crippen molar-refractivity contribution in [3.05, 3.63) is 47.5 Å². The van der Waals surface area contributed by atoms with Crippen LogP contribution >= 0.6 is 0 Å². The highest BCUT2D eigenvalue weighted by Crippen LogP contribution is 2.38. The zero-order valence-electron chi connectivity index (χ0n) is 13.5. The van der Waals surface area contributed by atoms with Crippen LogP contribution in [0.5, 0.6) is 17.2 Å². The Bertz CT molecular complexity index is 724. The summed E-state index contributed by atoms with van der Waals surface area (Å²) in [6.45, 7) is 0. The Labute approximate surface area is 138 Å². The van der Waals surface area contributed by atoms with Gasteiger partial charge < -0.3 is 19.5 Å². The molecule has 0 atom stereocenters. The summed E-state index contributed by atoms with van der Waals surface area (Å²) in [5.74, 6) is -1.13. The van der Waals surface area contributed by atoms with Crippen molar-refractivity contribution in [1.29, 1.82) is 0 Å². The summed E-state index contributed by atoms with van der Waals surface area (Å²) in [6.07, 6.45) is -0.00426. The number of methoxy groups -OCH3 is 3. The molecular weight excluding hydrogens is 320 g/mol. The predicted octanol–water partition coefficient (Wildman–Crippen LogP) is 3.17. The molecule has 0 aliphatic rings. The minimum Gasteiger partial charge on any atom is -0.493 e. The molecule has 0 aliphatic carbocycles. The largest absolute Gasteiger partial charge is 0.493 e. The van der Waals surface area contributed by atoms with Crippen molar-refractivity contribution in [2.24, 2.45) is 0 Å². The lowest BCUT2D eigenvalue weighted by Crippen LogP contribution is -2.15. The smallest absolute Gasteiger partial charge is 0.228 e. The Kier molecular flexibility index (Phi) is 5.57. The molecule has 0 aromatic heterocycles. The Morgan fingerprint density at radius 2 is 1.58 bits per heavy atom. The molecule has 1 amide bonds. The molecule has 0 bridgehead atoms. The normalized spacial score (nSPS) is 10.2. The van der Waals surface area contributed by atoms with Crippen molar-refractivity contribution >= 4 is 11.6 Å². The van der Waals surface area contributed by atoms with Gasteiger partial charge in [-0.05, 0) is 29.8 Å². The number of ether oxygens (including phenoxy) is 3. The molecule has 1 N–H and O–H groups in total. The van der Waals surface area contributed by atoms with Gasteiger partial charge in [0.2, 0.25) is 11.7 Å². The maximum atomic E-state index is 13.2. The van der Waals surface area contributed by atoms with Crippen LogP contribution in [0.3, 0.4) is 0 Å². The molecule has 2 aromatic rings. The summed E-state index contributed by atoms with van der Waals surface area (Å²) in [5.41, 5.74) is 0.788. The van der Waals surface area contributed by atoms with Crippen LogP contribution in [0.15, 0.2) is 30.3 Å². The molecule has 0 saturated carbocycles.